The van der Waals surface area contributed by atoms with Crippen LogP contribution in [-0.4, -0.2) is 7.05 Å². The number of nitrogens with one attached hydrogen (secondary N) is 1. The minimum Gasteiger partial charge on any atom is -0.309 e. The van der Waals surface area contributed by atoms with Crippen LogP contribution in [-0.2, 0) is 0 Å². The van der Waals surface area contributed by atoms with Crippen molar-refractivity contribution in [2.45, 2.75) is 6.04 Å². The Labute approximate surface area is 127 Å². The standard InChI is InChI=1S/C12H9BrCl2FNS/c1-17-12(10-2-3-11(15)18-10)6-4-8(14)7(13)5-9(6)16/h2-5,12,17H,1H3. The van der Waals surface area contributed by atoms with Gasteiger partial charge in [0.2, 0.25) is 0 Å². The Balaban J connectivity index is 2.48. The van der Waals surface area contributed by atoms with Gasteiger partial charge in [0.05, 0.1) is 15.4 Å². The normalized spacial score (nSPS) is 12.7. The van der Waals surface area contributed by atoms with E-state index in [0.717, 1.165) is 4.88 Å². The summed E-state index contributed by atoms with van der Waals surface area (Å²) in [4.78, 5) is 0.944. The van der Waals surface area contributed by atoms with Crippen LogP contribution in [0.4, 0.5) is 4.39 Å². The van der Waals surface area contributed by atoms with Crippen molar-refractivity contribution in [1.29, 1.82) is 0 Å². The third kappa shape index (κ3) is 2.89. The highest BCUT2D eigenvalue weighted by Crippen LogP contribution is 2.35. The third-order valence-electron chi connectivity index (χ3n) is 2.52. The molecular formula is C12H9BrCl2FNS. The molecule has 0 aliphatic carbocycles. The first-order valence-corrected chi connectivity index (χ1v) is 7.46. The fourth-order valence-electron chi connectivity index (χ4n) is 1.69. The highest BCUT2D eigenvalue weighted by molar-refractivity contribution is 9.10. The summed E-state index contributed by atoms with van der Waals surface area (Å²) in [5.74, 6) is -0.310. The maximum atomic E-state index is 14.0. The van der Waals surface area contributed by atoms with Crippen LogP contribution in [0.5, 0.6) is 0 Å². The average Bonchev–Trinajstić information content (AvgIpc) is 2.73. The van der Waals surface area contributed by atoms with Gasteiger partial charge >= 0.3 is 0 Å². The number of rotatable bonds is 3. The van der Waals surface area contributed by atoms with E-state index in [1.165, 1.54) is 17.4 Å². The van der Waals surface area contributed by atoms with Crippen molar-refractivity contribution in [3.63, 3.8) is 0 Å². The lowest BCUT2D eigenvalue weighted by atomic mass is 10.1. The Hall–Kier alpha value is -0.130. The molecule has 0 saturated carbocycles. The summed E-state index contributed by atoms with van der Waals surface area (Å²) in [7, 11) is 1.77. The maximum Gasteiger partial charge on any atom is 0.129 e. The second-order valence-corrected chi connectivity index (χ2v) is 6.66. The molecule has 1 N–H and O–H groups in total. The fraction of sp³-hybridized carbons (Fsp3) is 0.167. The topological polar surface area (TPSA) is 12.0 Å². The first kappa shape index (κ1) is 14.3. The van der Waals surface area contributed by atoms with Gasteiger partial charge in [-0.2, -0.15) is 0 Å². The van der Waals surface area contributed by atoms with E-state index >= 15 is 0 Å². The molecule has 0 fully saturated rings. The number of hydrogen-bond acceptors (Lipinski definition) is 2. The summed E-state index contributed by atoms with van der Waals surface area (Å²) < 4.78 is 15.2. The van der Waals surface area contributed by atoms with Gasteiger partial charge in [0.1, 0.15) is 5.82 Å². The number of thiophene rings is 1. The summed E-state index contributed by atoms with van der Waals surface area (Å²) in [6.07, 6.45) is 0. The predicted octanol–water partition coefficient (Wildman–Crippen LogP) is 5.27. The van der Waals surface area contributed by atoms with Crippen LogP contribution < -0.4 is 5.32 Å². The molecule has 0 saturated heterocycles. The average molecular weight is 369 g/mol. The molecule has 0 radical (unpaired) electrons. The van der Waals surface area contributed by atoms with Crippen molar-refractivity contribution in [2.24, 2.45) is 0 Å². The van der Waals surface area contributed by atoms with Gasteiger partial charge in [-0.1, -0.05) is 23.2 Å². The molecule has 2 aromatic rings. The molecule has 6 heteroatoms. The van der Waals surface area contributed by atoms with Gasteiger partial charge in [-0.3, -0.25) is 0 Å². The molecule has 1 aromatic heterocycles. The van der Waals surface area contributed by atoms with E-state index in [2.05, 4.69) is 21.2 Å². The summed E-state index contributed by atoms with van der Waals surface area (Å²) in [6, 6.07) is 6.41. The first-order valence-electron chi connectivity index (χ1n) is 5.10. The summed E-state index contributed by atoms with van der Waals surface area (Å²) in [6.45, 7) is 0. The van der Waals surface area contributed by atoms with Gasteiger partial charge in [-0.05, 0) is 47.2 Å². The number of benzene rings is 1. The summed E-state index contributed by atoms with van der Waals surface area (Å²) in [5.41, 5.74) is 0.504. The predicted molar refractivity (Wildman–Crippen MR) is 79.3 cm³/mol. The van der Waals surface area contributed by atoms with Crippen molar-refractivity contribution in [2.75, 3.05) is 7.05 Å². The van der Waals surface area contributed by atoms with Crippen molar-refractivity contribution in [3.8, 4) is 0 Å². The van der Waals surface area contributed by atoms with Crippen molar-refractivity contribution >= 4 is 50.5 Å². The smallest absolute Gasteiger partial charge is 0.129 e. The van der Waals surface area contributed by atoms with Crippen molar-refractivity contribution < 1.29 is 4.39 Å². The molecule has 96 valence electrons. The van der Waals surface area contributed by atoms with E-state index in [0.29, 0.717) is 19.4 Å². The Morgan fingerprint density at radius 2 is 2.06 bits per heavy atom. The van der Waals surface area contributed by atoms with Crippen molar-refractivity contribution in [3.05, 3.63) is 54.4 Å². The quantitative estimate of drug-likeness (QED) is 0.728. The Bertz CT molecular complexity index is 573. The van der Waals surface area contributed by atoms with E-state index in [1.807, 2.05) is 6.07 Å². The molecule has 0 amide bonds. The highest BCUT2D eigenvalue weighted by Gasteiger charge is 2.19. The van der Waals surface area contributed by atoms with Crippen molar-refractivity contribution in [1.82, 2.24) is 5.32 Å². The molecule has 1 aromatic carbocycles. The Morgan fingerprint density at radius 3 is 2.61 bits per heavy atom. The molecular weight excluding hydrogens is 360 g/mol. The lowest BCUT2D eigenvalue weighted by Crippen LogP contribution is -2.17. The molecule has 0 bridgehead atoms. The van der Waals surface area contributed by atoms with Gasteiger partial charge in [0, 0.05) is 14.9 Å². The molecule has 0 spiro atoms. The number of hydrogen-bond donors (Lipinski definition) is 1. The molecule has 0 aliphatic rings. The third-order valence-corrected chi connectivity index (χ3v) is 5.01. The lowest BCUT2D eigenvalue weighted by molar-refractivity contribution is 0.578. The minimum atomic E-state index is -0.310. The largest absolute Gasteiger partial charge is 0.309 e. The lowest BCUT2D eigenvalue weighted by Gasteiger charge is -2.16. The Morgan fingerprint density at radius 1 is 1.33 bits per heavy atom. The zero-order valence-electron chi connectivity index (χ0n) is 9.31. The molecule has 1 heterocycles. The molecule has 2 rings (SSSR count). The summed E-state index contributed by atoms with van der Waals surface area (Å²) in [5, 5.41) is 3.55. The first-order chi connectivity index (χ1) is 8.52. The van der Waals surface area contributed by atoms with Crippen LogP contribution in [0.15, 0.2) is 28.7 Å². The van der Waals surface area contributed by atoms with Crippen LogP contribution in [0.3, 0.4) is 0 Å². The van der Waals surface area contributed by atoms with Gasteiger partial charge in [0.25, 0.3) is 0 Å². The van der Waals surface area contributed by atoms with Gasteiger partial charge in [-0.25, -0.2) is 4.39 Å². The van der Waals surface area contributed by atoms with E-state index in [-0.39, 0.29) is 11.9 Å². The van der Waals surface area contributed by atoms with Crippen LogP contribution in [0.2, 0.25) is 9.36 Å². The molecule has 1 atom stereocenters. The van der Waals surface area contributed by atoms with Crippen LogP contribution in [0.1, 0.15) is 16.5 Å². The van der Waals surface area contributed by atoms with Gasteiger partial charge < -0.3 is 5.32 Å². The highest BCUT2D eigenvalue weighted by atomic mass is 79.9. The fourth-order valence-corrected chi connectivity index (χ4v) is 3.37. The van der Waals surface area contributed by atoms with E-state index < -0.39 is 0 Å². The summed E-state index contributed by atoms with van der Waals surface area (Å²) >= 11 is 16.5. The molecule has 1 unspecified atom stereocenters. The second kappa shape index (κ2) is 5.88. The molecule has 18 heavy (non-hydrogen) atoms. The maximum absolute atomic E-state index is 14.0. The minimum absolute atomic E-state index is 0.256. The zero-order valence-corrected chi connectivity index (χ0v) is 13.2. The molecule has 0 aliphatic heterocycles. The van der Waals surface area contributed by atoms with Crippen LogP contribution in [0, 0.1) is 5.82 Å². The van der Waals surface area contributed by atoms with E-state index in [4.69, 9.17) is 23.2 Å². The zero-order chi connectivity index (χ0) is 13.3. The van der Waals surface area contributed by atoms with Crippen LogP contribution in [0.25, 0.3) is 0 Å². The molecule has 1 nitrogen and oxygen atoms in total. The second-order valence-electron chi connectivity index (χ2n) is 3.65. The Kier molecular flexibility index (Phi) is 4.67. The van der Waals surface area contributed by atoms with Crippen LogP contribution >= 0.6 is 50.5 Å². The van der Waals surface area contributed by atoms with E-state index in [9.17, 15) is 4.39 Å². The van der Waals surface area contributed by atoms with Gasteiger partial charge in [0.15, 0.2) is 0 Å². The monoisotopic (exact) mass is 367 g/mol. The van der Waals surface area contributed by atoms with Gasteiger partial charge in [-0.15, -0.1) is 11.3 Å². The number of halogens is 4. The van der Waals surface area contributed by atoms with E-state index in [1.54, 1.807) is 19.2 Å². The SMILES string of the molecule is CNC(c1ccc(Cl)s1)c1cc(Cl)c(Br)cc1F.